The first kappa shape index (κ1) is 19.8. The number of ether oxygens (including phenoxy) is 1. The number of carbonyl (C=O) groups excluding carboxylic acids is 2. The normalized spacial score (nSPS) is 10.7. The lowest BCUT2D eigenvalue weighted by atomic mass is 9.99. The second kappa shape index (κ2) is 8.47. The van der Waals surface area contributed by atoms with Crippen LogP contribution < -0.4 is 5.32 Å². The minimum absolute atomic E-state index is 0.379. The Balaban J connectivity index is 1.43. The molecule has 0 radical (unpaired) electrons. The van der Waals surface area contributed by atoms with E-state index in [0.29, 0.717) is 10.7 Å². The van der Waals surface area contributed by atoms with Crippen molar-refractivity contribution in [3.63, 3.8) is 0 Å². The molecule has 0 aliphatic carbocycles. The molecular formula is C24H20N2O3S. The van der Waals surface area contributed by atoms with Gasteiger partial charge in [-0.25, -0.2) is 9.78 Å². The highest BCUT2D eigenvalue weighted by atomic mass is 32.1. The molecule has 150 valence electrons. The molecule has 0 aliphatic heterocycles. The van der Waals surface area contributed by atoms with Crippen LogP contribution in [0, 0.1) is 13.8 Å². The Hall–Kier alpha value is -3.51. The molecule has 5 nitrogen and oxygen atoms in total. The molecule has 4 aromatic rings. The van der Waals surface area contributed by atoms with Crippen molar-refractivity contribution in [3.8, 4) is 11.1 Å². The van der Waals surface area contributed by atoms with Gasteiger partial charge in [0.05, 0.1) is 15.8 Å². The molecule has 0 bridgehead atoms. The first-order chi connectivity index (χ1) is 14.5. The van der Waals surface area contributed by atoms with Gasteiger partial charge in [0.1, 0.15) is 0 Å². The van der Waals surface area contributed by atoms with Crippen LogP contribution in [0.4, 0.5) is 5.13 Å². The molecule has 0 aliphatic rings. The number of aromatic nitrogens is 1. The van der Waals surface area contributed by atoms with Crippen molar-refractivity contribution in [2.75, 3.05) is 11.9 Å². The van der Waals surface area contributed by atoms with Crippen LogP contribution >= 0.6 is 11.3 Å². The second-order valence-electron chi connectivity index (χ2n) is 7.03. The Labute approximate surface area is 178 Å². The lowest BCUT2D eigenvalue weighted by molar-refractivity contribution is -0.119. The lowest BCUT2D eigenvalue weighted by Crippen LogP contribution is -2.21. The predicted molar refractivity (Wildman–Crippen MR) is 120 cm³/mol. The highest BCUT2D eigenvalue weighted by molar-refractivity contribution is 7.22. The number of nitrogens with one attached hydrogen (secondary N) is 1. The number of nitrogens with zero attached hydrogens (tertiary/aromatic N) is 1. The fraction of sp³-hybridized carbons (Fsp3) is 0.125. The molecule has 1 N–H and O–H groups in total. The van der Waals surface area contributed by atoms with Gasteiger partial charge in [0.25, 0.3) is 5.91 Å². The molecule has 0 unspecified atom stereocenters. The van der Waals surface area contributed by atoms with Crippen LogP contribution in [0.15, 0.2) is 66.7 Å². The number of carbonyl (C=O) groups is 2. The number of hydrogen-bond donors (Lipinski definition) is 1. The third-order valence-corrected chi connectivity index (χ3v) is 5.57. The molecular weight excluding hydrogens is 396 g/mol. The summed E-state index contributed by atoms with van der Waals surface area (Å²) in [4.78, 5) is 29.3. The summed E-state index contributed by atoms with van der Waals surface area (Å²) in [6.07, 6.45) is 0. The number of rotatable bonds is 5. The summed E-state index contributed by atoms with van der Waals surface area (Å²) in [5.41, 5.74) is 5.20. The third kappa shape index (κ3) is 4.39. The van der Waals surface area contributed by atoms with Gasteiger partial charge >= 0.3 is 5.97 Å². The number of hydrogen-bond acceptors (Lipinski definition) is 5. The van der Waals surface area contributed by atoms with Crippen molar-refractivity contribution in [1.82, 2.24) is 4.98 Å². The van der Waals surface area contributed by atoms with E-state index in [1.54, 1.807) is 12.1 Å². The van der Waals surface area contributed by atoms with Crippen molar-refractivity contribution in [2.45, 2.75) is 13.8 Å². The van der Waals surface area contributed by atoms with E-state index in [9.17, 15) is 9.59 Å². The van der Waals surface area contributed by atoms with Crippen molar-refractivity contribution in [2.24, 2.45) is 0 Å². The molecule has 0 saturated carbocycles. The fourth-order valence-corrected chi connectivity index (χ4v) is 4.08. The van der Waals surface area contributed by atoms with Gasteiger partial charge < -0.3 is 4.74 Å². The van der Waals surface area contributed by atoms with Crippen LogP contribution in [-0.4, -0.2) is 23.5 Å². The summed E-state index contributed by atoms with van der Waals surface area (Å²) in [5, 5.41) is 3.18. The van der Waals surface area contributed by atoms with Crippen molar-refractivity contribution >= 4 is 38.6 Å². The largest absolute Gasteiger partial charge is 0.452 e. The highest BCUT2D eigenvalue weighted by Gasteiger charge is 2.16. The Bertz CT molecular complexity index is 1230. The Morgan fingerprint density at radius 3 is 2.50 bits per heavy atom. The number of amides is 1. The van der Waals surface area contributed by atoms with E-state index < -0.39 is 11.9 Å². The van der Waals surface area contributed by atoms with Crippen LogP contribution in [0.3, 0.4) is 0 Å². The molecule has 0 spiro atoms. The maximum Gasteiger partial charge on any atom is 0.339 e. The molecule has 4 rings (SSSR count). The van der Waals surface area contributed by atoms with E-state index >= 15 is 0 Å². The van der Waals surface area contributed by atoms with E-state index in [1.807, 2.05) is 68.4 Å². The minimum atomic E-state index is -0.541. The SMILES string of the molecule is Cc1ccc(-c2ccccc2C(=O)OCC(=O)Nc2nc3ccc(C)cc3s2)cc1. The molecule has 0 fully saturated rings. The Morgan fingerprint density at radius 2 is 1.70 bits per heavy atom. The first-order valence-electron chi connectivity index (χ1n) is 9.50. The summed E-state index contributed by atoms with van der Waals surface area (Å²) in [5.74, 6) is -0.965. The summed E-state index contributed by atoms with van der Waals surface area (Å²) < 4.78 is 6.26. The first-order valence-corrected chi connectivity index (χ1v) is 10.3. The summed E-state index contributed by atoms with van der Waals surface area (Å²) in [7, 11) is 0. The molecule has 1 aromatic heterocycles. The third-order valence-electron chi connectivity index (χ3n) is 4.63. The van der Waals surface area contributed by atoms with Gasteiger partial charge in [-0.1, -0.05) is 65.4 Å². The van der Waals surface area contributed by atoms with E-state index in [1.165, 1.54) is 11.3 Å². The summed E-state index contributed by atoms with van der Waals surface area (Å²) in [6, 6.07) is 21.0. The topological polar surface area (TPSA) is 68.3 Å². The Morgan fingerprint density at radius 1 is 0.967 bits per heavy atom. The lowest BCUT2D eigenvalue weighted by Gasteiger charge is -2.10. The van der Waals surface area contributed by atoms with Crippen molar-refractivity contribution in [1.29, 1.82) is 0 Å². The highest BCUT2D eigenvalue weighted by Crippen LogP contribution is 2.27. The average molecular weight is 417 g/mol. The molecule has 0 saturated heterocycles. The van der Waals surface area contributed by atoms with Crippen LogP contribution in [0.5, 0.6) is 0 Å². The van der Waals surface area contributed by atoms with Crippen LogP contribution in [0.2, 0.25) is 0 Å². The predicted octanol–water partition coefficient (Wildman–Crippen LogP) is 5.38. The number of fused-ring (bicyclic) bond motifs is 1. The standard InChI is InChI=1S/C24H20N2O3S/c1-15-7-10-17(11-8-15)18-5-3-4-6-19(18)23(28)29-14-22(27)26-24-25-20-12-9-16(2)13-21(20)30-24/h3-13H,14H2,1-2H3,(H,25,26,27). The van der Waals surface area contributed by atoms with Gasteiger partial charge in [0, 0.05) is 0 Å². The van der Waals surface area contributed by atoms with E-state index in [4.69, 9.17) is 4.74 Å². The van der Waals surface area contributed by atoms with Gasteiger partial charge in [-0.3, -0.25) is 10.1 Å². The van der Waals surface area contributed by atoms with Crippen LogP contribution in [0.25, 0.3) is 21.3 Å². The van der Waals surface area contributed by atoms with Crippen molar-refractivity contribution in [3.05, 3.63) is 83.4 Å². The monoisotopic (exact) mass is 416 g/mol. The number of aryl methyl sites for hydroxylation is 2. The Kier molecular flexibility index (Phi) is 5.59. The van der Waals surface area contributed by atoms with E-state index in [-0.39, 0.29) is 6.61 Å². The van der Waals surface area contributed by atoms with Crippen LogP contribution in [-0.2, 0) is 9.53 Å². The molecule has 1 amide bonds. The van der Waals surface area contributed by atoms with Gasteiger partial charge in [-0.2, -0.15) is 0 Å². The average Bonchev–Trinajstić information content (AvgIpc) is 3.13. The number of benzene rings is 3. The summed E-state index contributed by atoms with van der Waals surface area (Å²) >= 11 is 1.39. The van der Waals surface area contributed by atoms with E-state index in [0.717, 1.165) is 32.5 Å². The zero-order chi connectivity index (χ0) is 21.1. The van der Waals surface area contributed by atoms with Gasteiger partial charge in [0.2, 0.25) is 0 Å². The van der Waals surface area contributed by atoms with E-state index in [2.05, 4.69) is 10.3 Å². The summed E-state index contributed by atoms with van der Waals surface area (Å²) in [6.45, 7) is 3.64. The van der Waals surface area contributed by atoms with Gasteiger partial charge in [-0.15, -0.1) is 0 Å². The smallest absolute Gasteiger partial charge is 0.339 e. The maximum atomic E-state index is 12.6. The van der Waals surface area contributed by atoms with Crippen LogP contribution in [0.1, 0.15) is 21.5 Å². The quantitative estimate of drug-likeness (QED) is 0.444. The fourth-order valence-electron chi connectivity index (χ4n) is 3.10. The minimum Gasteiger partial charge on any atom is -0.452 e. The molecule has 0 atom stereocenters. The zero-order valence-electron chi connectivity index (χ0n) is 16.6. The van der Waals surface area contributed by atoms with Crippen molar-refractivity contribution < 1.29 is 14.3 Å². The maximum absolute atomic E-state index is 12.6. The second-order valence-corrected chi connectivity index (χ2v) is 8.06. The number of esters is 1. The molecule has 30 heavy (non-hydrogen) atoms. The number of anilines is 1. The molecule has 1 heterocycles. The molecule has 6 heteroatoms. The van der Waals surface area contributed by atoms with Gasteiger partial charge in [-0.05, 0) is 48.7 Å². The van der Waals surface area contributed by atoms with Gasteiger partial charge in [0.15, 0.2) is 11.7 Å². The molecule has 3 aromatic carbocycles. The zero-order valence-corrected chi connectivity index (χ0v) is 17.5. The number of thiazole rings is 1.